The summed E-state index contributed by atoms with van der Waals surface area (Å²) >= 11 is 0. The third-order valence-electron chi connectivity index (χ3n) is 6.60. The number of carbonyl (C=O) groups excluding carboxylic acids is 1. The summed E-state index contributed by atoms with van der Waals surface area (Å²) < 4.78 is 36.8. The number of nitrogens with two attached hydrogens (primary N) is 3. The largest absolute Gasteiger partial charge is 0.493 e. The maximum Gasteiger partial charge on any atom is 0.254 e. The average molecular weight is 507 g/mol. The zero-order valence-electron chi connectivity index (χ0n) is 19.8. The van der Waals surface area contributed by atoms with Crippen LogP contribution in [0.3, 0.4) is 0 Å². The van der Waals surface area contributed by atoms with Gasteiger partial charge < -0.3 is 27.0 Å². The number of pyridine rings is 1. The number of anilines is 1. The number of hydrogen-bond acceptors (Lipinski definition) is 7. The lowest BCUT2D eigenvalue weighted by Gasteiger charge is -2.40. The number of carbonyl (C=O) groups is 1. The summed E-state index contributed by atoms with van der Waals surface area (Å²) in [5, 5.41) is 14.8. The van der Waals surface area contributed by atoms with Gasteiger partial charge in [0.05, 0.1) is 18.7 Å². The van der Waals surface area contributed by atoms with Gasteiger partial charge in [-0.25, -0.2) is 18.4 Å². The van der Waals surface area contributed by atoms with Gasteiger partial charge in [-0.1, -0.05) is 30.9 Å². The number of hydrogen-bond donors (Lipinski definition) is 4. The summed E-state index contributed by atoms with van der Waals surface area (Å²) in [5.41, 5.74) is 17.1. The van der Waals surface area contributed by atoms with Crippen LogP contribution < -0.4 is 21.9 Å². The first-order chi connectivity index (χ1) is 17.6. The molecule has 11 heteroatoms. The number of halogens is 2. The fourth-order valence-corrected chi connectivity index (χ4v) is 4.83. The Morgan fingerprint density at radius 2 is 1.92 bits per heavy atom. The van der Waals surface area contributed by atoms with Crippen LogP contribution in [0.2, 0.25) is 0 Å². The Labute approximate surface area is 210 Å². The van der Waals surface area contributed by atoms with Crippen LogP contribution in [0.15, 0.2) is 43.0 Å². The number of aromatic nitrogens is 3. The Balaban J connectivity index is 1.79. The van der Waals surface area contributed by atoms with E-state index in [1.807, 2.05) is 0 Å². The second-order valence-corrected chi connectivity index (χ2v) is 9.00. The minimum absolute atomic E-state index is 0.0230. The van der Waals surface area contributed by atoms with Crippen LogP contribution in [-0.2, 0) is 0 Å². The van der Waals surface area contributed by atoms with Gasteiger partial charge in [-0.05, 0) is 18.2 Å². The quantitative estimate of drug-likeness (QED) is 0.292. The van der Waals surface area contributed by atoms with Crippen LogP contribution >= 0.6 is 0 Å². The molecule has 4 aromatic rings. The van der Waals surface area contributed by atoms with E-state index < -0.39 is 23.3 Å². The van der Waals surface area contributed by atoms with E-state index in [1.54, 1.807) is 18.2 Å². The van der Waals surface area contributed by atoms with Crippen molar-refractivity contribution >= 4 is 28.7 Å². The standard InChI is InChI=1S/C26H24F2N6O3/c1-3-13-14(21-18(25(30)35)24(29)34(33-21)12-10-26(31,36)11-12)8-9-16-20(13)32-22(19(28)23(16)37-2)15-6-4-5-7-17(15)27/h3-9,12,36H,1,10-11,29,31H2,2H3,(H2,30,35). The number of benzene rings is 2. The summed E-state index contributed by atoms with van der Waals surface area (Å²) in [6.07, 6.45) is 1.84. The number of fused-ring (bicyclic) bond motifs is 1. The third kappa shape index (κ3) is 3.79. The smallest absolute Gasteiger partial charge is 0.254 e. The maximum absolute atomic E-state index is 15.4. The van der Waals surface area contributed by atoms with E-state index in [9.17, 15) is 14.3 Å². The number of nitrogens with zero attached hydrogens (tertiary/aromatic N) is 3. The second-order valence-electron chi connectivity index (χ2n) is 9.00. The highest BCUT2D eigenvalue weighted by Gasteiger charge is 2.42. The lowest BCUT2D eigenvalue weighted by Crippen LogP contribution is -2.52. The molecule has 1 amide bonds. The Morgan fingerprint density at radius 3 is 2.51 bits per heavy atom. The molecule has 7 N–H and O–H groups in total. The van der Waals surface area contributed by atoms with Gasteiger partial charge in [-0.15, -0.1) is 0 Å². The first-order valence-corrected chi connectivity index (χ1v) is 11.3. The van der Waals surface area contributed by atoms with Crippen molar-refractivity contribution in [3.8, 4) is 28.3 Å². The molecule has 2 aromatic carbocycles. The zero-order valence-corrected chi connectivity index (χ0v) is 19.8. The minimum atomic E-state index is -1.35. The van der Waals surface area contributed by atoms with Crippen LogP contribution in [0.4, 0.5) is 14.6 Å². The molecule has 0 atom stereocenters. The van der Waals surface area contributed by atoms with Gasteiger partial charge in [0, 0.05) is 34.9 Å². The predicted molar refractivity (Wildman–Crippen MR) is 135 cm³/mol. The van der Waals surface area contributed by atoms with E-state index in [-0.39, 0.29) is 58.5 Å². The summed E-state index contributed by atoms with van der Waals surface area (Å²) in [7, 11) is 1.30. The molecule has 9 nitrogen and oxygen atoms in total. The Morgan fingerprint density at radius 1 is 1.22 bits per heavy atom. The van der Waals surface area contributed by atoms with Crippen molar-refractivity contribution in [1.29, 1.82) is 0 Å². The number of amides is 1. The molecule has 0 unspecified atom stereocenters. The molecule has 1 saturated carbocycles. The molecule has 190 valence electrons. The summed E-state index contributed by atoms with van der Waals surface area (Å²) in [6, 6.07) is 8.49. The Hall–Kier alpha value is -4.35. The SMILES string of the molecule is C=Cc1c(-c2nn(C3CC(N)(O)C3)c(N)c2C(N)=O)ccc2c(OC)c(F)c(-c3ccccc3F)nc12. The molecule has 0 bridgehead atoms. The molecule has 1 aliphatic carbocycles. The van der Waals surface area contributed by atoms with Crippen molar-refractivity contribution in [2.75, 3.05) is 12.8 Å². The molecule has 2 heterocycles. The van der Waals surface area contributed by atoms with E-state index in [2.05, 4.69) is 16.7 Å². The van der Waals surface area contributed by atoms with Gasteiger partial charge >= 0.3 is 0 Å². The molecular weight excluding hydrogens is 482 g/mol. The summed E-state index contributed by atoms with van der Waals surface area (Å²) in [4.78, 5) is 16.9. The lowest BCUT2D eigenvalue weighted by molar-refractivity contribution is -0.0643. The van der Waals surface area contributed by atoms with Crippen LogP contribution in [0.5, 0.6) is 5.75 Å². The van der Waals surface area contributed by atoms with E-state index in [1.165, 1.54) is 36.1 Å². The van der Waals surface area contributed by atoms with E-state index in [0.717, 1.165) is 0 Å². The van der Waals surface area contributed by atoms with Crippen molar-refractivity contribution in [2.24, 2.45) is 11.5 Å². The summed E-state index contributed by atoms with van der Waals surface area (Å²) in [6.45, 7) is 3.87. The van der Waals surface area contributed by atoms with Crippen LogP contribution in [0, 0.1) is 11.6 Å². The van der Waals surface area contributed by atoms with E-state index >= 15 is 4.39 Å². The number of primary amides is 1. The van der Waals surface area contributed by atoms with Gasteiger partial charge in [0.2, 0.25) is 0 Å². The van der Waals surface area contributed by atoms with Crippen LogP contribution in [0.1, 0.15) is 34.8 Å². The third-order valence-corrected chi connectivity index (χ3v) is 6.60. The number of aliphatic hydroxyl groups is 1. The zero-order chi connectivity index (χ0) is 26.6. The van der Waals surface area contributed by atoms with Gasteiger partial charge in [-0.3, -0.25) is 4.79 Å². The van der Waals surface area contributed by atoms with Crippen LogP contribution in [0.25, 0.3) is 39.5 Å². The van der Waals surface area contributed by atoms with Gasteiger partial charge in [0.25, 0.3) is 5.91 Å². The number of rotatable bonds is 6. The summed E-state index contributed by atoms with van der Waals surface area (Å²) in [5.74, 6) is -2.40. The topological polar surface area (TPSA) is 155 Å². The normalized spacial score (nSPS) is 19.0. The minimum Gasteiger partial charge on any atom is -0.493 e. The molecule has 1 fully saturated rings. The van der Waals surface area contributed by atoms with Crippen molar-refractivity contribution < 1.29 is 23.4 Å². The molecule has 5 rings (SSSR count). The van der Waals surface area contributed by atoms with Gasteiger partial charge in [0.15, 0.2) is 11.6 Å². The first kappa shape index (κ1) is 24.3. The molecule has 0 saturated heterocycles. The second kappa shape index (κ2) is 8.64. The fourth-order valence-electron chi connectivity index (χ4n) is 4.83. The monoisotopic (exact) mass is 506 g/mol. The van der Waals surface area contributed by atoms with Gasteiger partial charge in [-0.2, -0.15) is 5.10 Å². The molecule has 0 radical (unpaired) electrons. The highest BCUT2D eigenvalue weighted by molar-refractivity contribution is 6.06. The Bertz CT molecular complexity index is 1590. The van der Waals surface area contributed by atoms with Crippen molar-refractivity contribution in [3.05, 3.63) is 65.7 Å². The molecule has 0 aliphatic heterocycles. The highest BCUT2D eigenvalue weighted by Crippen LogP contribution is 2.43. The molecule has 1 aliphatic rings. The van der Waals surface area contributed by atoms with Crippen molar-refractivity contribution in [3.63, 3.8) is 0 Å². The predicted octanol–water partition coefficient (Wildman–Crippen LogP) is 3.36. The first-order valence-electron chi connectivity index (χ1n) is 11.3. The van der Waals surface area contributed by atoms with Crippen molar-refractivity contribution in [1.82, 2.24) is 14.8 Å². The van der Waals surface area contributed by atoms with E-state index in [4.69, 9.17) is 21.9 Å². The average Bonchev–Trinajstić information content (AvgIpc) is 3.18. The number of nitrogen functional groups attached to an aromatic ring is 1. The van der Waals surface area contributed by atoms with Gasteiger partial charge in [0.1, 0.15) is 34.3 Å². The number of methoxy groups -OCH3 is 1. The molecule has 37 heavy (non-hydrogen) atoms. The molecule has 0 spiro atoms. The molecular formula is C26H24F2N6O3. The van der Waals surface area contributed by atoms with E-state index in [0.29, 0.717) is 16.5 Å². The lowest BCUT2D eigenvalue weighted by atomic mass is 9.83. The number of ether oxygens (including phenoxy) is 1. The fraction of sp³-hybridized carbons (Fsp3) is 0.192. The van der Waals surface area contributed by atoms with Crippen LogP contribution in [-0.4, -0.2) is 38.6 Å². The molecule has 2 aromatic heterocycles. The maximum atomic E-state index is 15.4. The highest BCUT2D eigenvalue weighted by atomic mass is 19.1. The van der Waals surface area contributed by atoms with Crippen molar-refractivity contribution in [2.45, 2.75) is 24.6 Å². The Kier molecular flexibility index (Phi) is 5.69.